The maximum Gasteiger partial charge on any atom is 0.143 e. The van der Waals surface area contributed by atoms with Gasteiger partial charge in [-0.2, -0.15) is 0 Å². The molecule has 4 unspecified atom stereocenters. The Bertz CT molecular complexity index is 2590. The highest BCUT2D eigenvalue weighted by molar-refractivity contribution is 6.19. The van der Waals surface area contributed by atoms with Gasteiger partial charge in [-0.3, -0.25) is 0 Å². The number of benzene rings is 6. The highest BCUT2D eigenvalue weighted by Gasteiger charge is 2.53. The van der Waals surface area contributed by atoms with Crippen LogP contribution in [0.3, 0.4) is 0 Å². The van der Waals surface area contributed by atoms with E-state index in [1.54, 1.807) is 0 Å². The van der Waals surface area contributed by atoms with Gasteiger partial charge in [-0.05, 0) is 98.2 Å². The van der Waals surface area contributed by atoms with Crippen molar-refractivity contribution in [3.05, 3.63) is 191 Å². The minimum Gasteiger partial charge on any atom is -0.460 e. The van der Waals surface area contributed by atoms with Crippen LogP contribution in [0.5, 0.6) is 0 Å². The summed E-state index contributed by atoms with van der Waals surface area (Å²) in [5, 5.41) is 6.25. The average Bonchev–Trinajstić information content (AvgIpc) is 3.86. The summed E-state index contributed by atoms with van der Waals surface area (Å²) in [5.41, 5.74) is 13.1. The first-order chi connectivity index (χ1) is 25.1. The number of hydrogen-bond acceptors (Lipinski definition) is 1. The predicted octanol–water partition coefficient (Wildman–Crippen LogP) is 13.5. The second kappa shape index (κ2) is 12.0. The summed E-state index contributed by atoms with van der Waals surface area (Å²) >= 11 is 0. The van der Waals surface area contributed by atoms with E-state index in [1.807, 2.05) is 0 Å². The van der Waals surface area contributed by atoms with Gasteiger partial charge in [0.1, 0.15) is 11.3 Å². The molecule has 51 heavy (non-hydrogen) atoms. The molecule has 1 saturated carbocycles. The van der Waals surface area contributed by atoms with E-state index in [9.17, 15) is 0 Å². The van der Waals surface area contributed by atoms with Crippen molar-refractivity contribution in [1.82, 2.24) is 0 Å². The molecule has 1 fully saturated rings. The summed E-state index contributed by atoms with van der Waals surface area (Å²) in [6, 6.07) is 47.3. The Morgan fingerprint density at radius 2 is 1.27 bits per heavy atom. The Balaban J connectivity index is 1.07. The van der Waals surface area contributed by atoms with E-state index in [-0.39, 0.29) is 0 Å². The van der Waals surface area contributed by atoms with Crippen molar-refractivity contribution in [2.75, 3.05) is 0 Å². The molecule has 0 saturated heterocycles. The predicted molar refractivity (Wildman–Crippen MR) is 215 cm³/mol. The summed E-state index contributed by atoms with van der Waals surface area (Å²) in [5.74, 6) is 2.90. The van der Waals surface area contributed by atoms with Crippen molar-refractivity contribution >= 4 is 44.2 Å². The zero-order chi connectivity index (χ0) is 34.1. The van der Waals surface area contributed by atoms with Crippen LogP contribution in [-0.2, 0) is 6.42 Å². The molecule has 0 spiro atoms. The van der Waals surface area contributed by atoms with Crippen molar-refractivity contribution in [2.45, 2.75) is 38.5 Å². The van der Waals surface area contributed by atoms with E-state index in [0.717, 1.165) is 24.2 Å². The van der Waals surface area contributed by atoms with Gasteiger partial charge in [0, 0.05) is 22.8 Å². The lowest BCUT2D eigenvalue weighted by Crippen LogP contribution is -2.00. The lowest BCUT2D eigenvalue weighted by atomic mass is 9.93. The number of furan rings is 1. The molecule has 0 amide bonds. The van der Waals surface area contributed by atoms with E-state index >= 15 is 0 Å². The Hall–Kier alpha value is -5.66. The molecule has 10 rings (SSSR count). The zero-order valence-corrected chi connectivity index (χ0v) is 29.1. The highest BCUT2D eigenvalue weighted by atomic mass is 16.3. The lowest BCUT2D eigenvalue weighted by Gasteiger charge is -2.09. The molecule has 1 nitrogen and oxygen atoms in total. The second-order valence-electron chi connectivity index (χ2n) is 14.9. The number of hydrogen-bond donors (Lipinski definition) is 0. The molecule has 0 aliphatic heterocycles. The van der Waals surface area contributed by atoms with E-state index in [4.69, 9.17) is 4.42 Å². The van der Waals surface area contributed by atoms with Gasteiger partial charge in [0.15, 0.2) is 0 Å². The third-order valence-corrected chi connectivity index (χ3v) is 11.7. The van der Waals surface area contributed by atoms with E-state index in [1.165, 1.54) is 77.0 Å². The average molecular weight is 657 g/mol. The zero-order valence-electron chi connectivity index (χ0n) is 29.1. The Labute approximate surface area is 300 Å². The van der Waals surface area contributed by atoms with Gasteiger partial charge in [0.25, 0.3) is 0 Å². The maximum absolute atomic E-state index is 6.68. The topological polar surface area (TPSA) is 13.1 Å². The van der Waals surface area contributed by atoms with Crippen LogP contribution in [-0.4, -0.2) is 0 Å². The molecule has 1 aromatic heterocycles. The van der Waals surface area contributed by atoms with E-state index in [0.29, 0.717) is 23.7 Å². The standard InChI is InChI=1S/C50H40O/c1-31-13-25-43-44-28-23-36-20-21-39-30-40(24-27-42(39)46(36)50(44)51-45(43)29-31)49-47(37-15-14-32(2)41(26-22-37)35-11-7-4-8-12-35)48(49)38-18-16-34(17-19-38)33-9-5-3-6-10-33/h3-14,16-28,30-31,47-49H,15,29H2,1-2H3. The highest BCUT2D eigenvalue weighted by Crippen LogP contribution is 2.65. The van der Waals surface area contributed by atoms with Crippen molar-refractivity contribution in [1.29, 1.82) is 0 Å². The van der Waals surface area contributed by atoms with Crippen LogP contribution in [0, 0.1) is 11.8 Å². The van der Waals surface area contributed by atoms with Gasteiger partial charge in [-0.1, -0.05) is 164 Å². The van der Waals surface area contributed by atoms with Crippen LogP contribution < -0.4 is 0 Å². The maximum atomic E-state index is 6.68. The van der Waals surface area contributed by atoms with Gasteiger partial charge in [-0.15, -0.1) is 0 Å². The fourth-order valence-corrected chi connectivity index (χ4v) is 9.04. The minimum absolute atomic E-state index is 0.414. The molecule has 4 atom stereocenters. The summed E-state index contributed by atoms with van der Waals surface area (Å²) in [6.45, 7) is 4.52. The minimum atomic E-state index is 0.414. The van der Waals surface area contributed by atoms with Gasteiger partial charge < -0.3 is 4.42 Å². The molecule has 0 radical (unpaired) electrons. The molecule has 0 bridgehead atoms. The summed E-state index contributed by atoms with van der Waals surface area (Å²) < 4.78 is 6.68. The second-order valence-corrected chi connectivity index (χ2v) is 14.9. The van der Waals surface area contributed by atoms with Crippen LogP contribution in [0.2, 0.25) is 0 Å². The number of rotatable bonds is 5. The van der Waals surface area contributed by atoms with Crippen LogP contribution in [0.1, 0.15) is 60.1 Å². The fourth-order valence-electron chi connectivity index (χ4n) is 9.04. The monoisotopic (exact) mass is 656 g/mol. The first-order valence-electron chi connectivity index (χ1n) is 18.5. The smallest absolute Gasteiger partial charge is 0.143 e. The number of fused-ring (bicyclic) bond motifs is 7. The molecule has 1 heterocycles. The van der Waals surface area contributed by atoms with Crippen LogP contribution in [0.25, 0.3) is 55.3 Å². The molecule has 3 aliphatic carbocycles. The van der Waals surface area contributed by atoms with Crippen molar-refractivity contribution < 1.29 is 4.42 Å². The largest absolute Gasteiger partial charge is 0.460 e. The first kappa shape index (κ1) is 30.2. The normalized spacial score (nSPS) is 21.3. The van der Waals surface area contributed by atoms with Gasteiger partial charge in [-0.25, -0.2) is 0 Å². The molecule has 3 aliphatic rings. The van der Waals surface area contributed by atoms with Gasteiger partial charge in [0.2, 0.25) is 0 Å². The Kier molecular flexibility index (Phi) is 7.10. The Morgan fingerprint density at radius 3 is 2.08 bits per heavy atom. The van der Waals surface area contributed by atoms with Gasteiger partial charge >= 0.3 is 0 Å². The summed E-state index contributed by atoms with van der Waals surface area (Å²) in [6.07, 6.45) is 13.8. The Morgan fingerprint density at radius 1 is 0.608 bits per heavy atom. The van der Waals surface area contributed by atoms with Crippen molar-refractivity contribution in [2.24, 2.45) is 11.8 Å². The lowest BCUT2D eigenvalue weighted by molar-refractivity contribution is 0.515. The van der Waals surface area contributed by atoms with Crippen LogP contribution >= 0.6 is 0 Å². The SMILES string of the molecule is CC1=CCC(C2C(c3ccc(-c4ccccc4)cc3)C2c2ccc3c(ccc4ccc5c6c(oc5c43)CC(C)C=C6)c2)=CC=C1c1ccccc1. The van der Waals surface area contributed by atoms with E-state index < -0.39 is 0 Å². The molecule has 1 heteroatoms. The molecule has 6 aromatic carbocycles. The van der Waals surface area contributed by atoms with Crippen molar-refractivity contribution in [3.8, 4) is 11.1 Å². The van der Waals surface area contributed by atoms with Crippen LogP contribution in [0.4, 0.5) is 0 Å². The molecule has 7 aromatic rings. The third-order valence-electron chi connectivity index (χ3n) is 11.7. The summed E-state index contributed by atoms with van der Waals surface area (Å²) in [7, 11) is 0. The molecule has 0 N–H and O–H groups in total. The van der Waals surface area contributed by atoms with Crippen molar-refractivity contribution in [3.63, 3.8) is 0 Å². The quantitative estimate of drug-likeness (QED) is 0.168. The number of allylic oxidation sites excluding steroid dienone is 7. The first-order valence-corrected chi connectivity index (χ1v) is 18.5. The third kappa shape index (κ3) is 5.14. The molecule has 246 valence electrons. The fraction of sp³-hybridized carbons (Fsp3) is 0.160. The molecular weight excluding hydrogens is 617 g/mol. The van der Waals surface area contributed by atoms with Crippen LogP contribution in [0.15, 0.2) is 167 Å². The molecular formula is C50H40O. The van der Waals surface area contributed by atoms with E-state index in [2.05, 4.69) is 172 Å². The van der Waals surface area contributed by atoms with Gasteiger partial charge in [0.05, 0.1) is 0 Å². The summed E-state index contributed by atoms with van der Waals surface area (Å²) in [4.78, 5) is 0.